The lowest BCUT2D eigenvalue weighted by Crippen LogP contribution is -2.52. The lowest BCUT2D eigenvalue weighted by molar-refractivity contribution is -0.146. The number of esters is 2. The number of hydrogen-bond donors (Lipinski definition) is 0. The number of fused-ring (bicyclic) bond motifs is 3. The molecular weight excluding hydrogens is 390 g/mol. The third-order valence-electron chi connectivity index (χ3n) is 6.37. The SMILES string of the molecule is COC(=O)c1ccccc1CC12C(=O)OC(c3ccccc3)N1CCc1ccccc12. The van der Waals surface area contributed by atoms with Gasteiger partial charge in [-0.2, -0.15) is 0 Å². The summed E-state index contributed by atoms with van der Waals surface area (Å²) >= 11 is 0. The van der Waals surface area contributed by atoms with Gasteiger partial charge in [-0.3, -0.25) is 0 Å². The van der Waals surface area contributed by atoms with Crippen molar-refractivity contribution >= 4 is 11.9 Å². The highest BCUT2D eigenvalue weighted by atomic mass is 16.6. The number of rotatable bonds is 4. The second kappa shape index (κ2) is 7.67. The quantitative estimate of drug-likeness (QED) is 0.605. The predicted octanol–water partition coefficient (Wildman–Crippen LogP) is 4.02. The summed E-state index contributed by atoms with van der Waals surface area (Å²) in [6.07, 6.45) is 0.695. The molecule has 2 aliphatic heterocycles. The minimum Gasteiger partial charge on any atom is -0.465 e. The van der Waals surface area contributed by atoms with E-state index in [1.807, 2.05) is 60.7 Å². The van der Waals surface area contributed by atoms with Crippen molar-refractivity contribution < 1.29 is 19.1 Å². The molecule has 156 valence electrons. The normalized spacial score (nSPS) is 22.4. The second-order valence-corrected chi connectivity index (χ2v) is 7.95. The standard InChI is InChI=1S/C26H23NO4/c1-30-24(28)21-13-7-5-12-20(21)17-26-22-14-8-6-9-18(22)15-16-27(26)23(31-25(26)29)19-10-3-2-4-11-19/h2-14,23H,15-17H2,1H3. The molecular formula is C26H23NO4. The Morgan fingerprint density at radius 2 is 1.74 bits per heavy atom. The van der Waals surface area contributed by atoms with Crippen LogP contribution in [-0.4, -0.2) is 30.5 Å². The van der Waals surface area contributed by atoms with Crippen LogP contribution in [0.25, 0.3) is 0 Å². The summed E-state index contributed by atoms with van der Waals surface area (Å²) in [4.78, 5) is 28.2. The number of methoxy groups -OCH3 is 1. The van der Waals surface area contributed by atoms with Crippen molar-refractivity contribution in [3.05, 3.63) is 107 Å². The third-order valence-corrected chi connectivity index (χ3v) is 6.37. The van der Waals surface area contributed by atoms with Crippen LogP contribution in [0.5, 0.6) is 0 Å². The summed E-state index contributed by atoms with van der Waals surface area (Å²) in [6.45, 7) is 0.683. The maximum absolute atomic E-state index is 13.7. The molecule has 5 nitrogen and oxygen atoms in total. The molecule has 0 saturated carbocycles. The molecule has 0 N–H and O–H groups in total. The molecule has 3 aromatic carbocycles. The summed E-state index contributed by atoms with van der Waals surface area (Å²) in [7, 11) is 1.37. The van der Waals surface area contributed by atoms with Gasteiger partial charge in [0.25, 0.3) is 0 Å². The fourth-order valence-electron chi connectivity index (χ4n) is 4.93. The fourth-order valence-corrected chi connectivity index (χ4v) is 4.93. The maximum Gasteiger partial charge on any atom is 0.338 e. The number of hydrogen-bond acceptors (Lipinski definition) is 5. The van der Waals surface area contributed by atoms with Crippen LogP contribution >= 0.6 is 0 Å². The Morgan fingerprint density at radius 3 is 2.55 bits per heavy atom. The molecule has 1 saturated heterocycles. The number of cyclic esters (lactones) is 1. The summed E-state index contributed by atoms with van der Waals surface area (Å²) in [6, 6.07) is 25.2. The highest BCUT2D eigenvalue weighted by Gasteiger charge is 2.59. The Balaban J connectivity index is 1.68. The molecule has 0 spiro atoms. The van der Waals surface area contributed by atoms with Crippen LogP contribution in [0.3, 0.4) is 0 Å². The van der Waals surface area contributed by atoms with Crippen molar-refractivity contribution in [3.8, 4) is 0 Å². The largest absolute Gasteiger partial charge is 0.465 e. The summed E-state index contributed by atoms with van der Waals surface area (Å²) in [5, 5.41) is 0. The van der Waals surface area contributed by atoms with Gasteiger partial charge in [0, 0.05) is 18.5 Å². The van der Waals surface area contributed by atoms with Gasteiger partial charge < -0.3 is 9.47 Å². The van der Waals surface area contributed by atoms with Crippen LogP contribution < -0.4 is 0 Å². The van der Waals surface area contributed by atoms with Crippen molar-refractivity contribution in [2.45, 2.75) is 24.6 Å². The van der Waals surface area contributed by atoms with Gasteiger partial charge in [0.15, 0.2) is 11.8 Å². The number of carbonyl (C=O) groups is 2. The zero-order chi connectivity index (χ0) is 21.4. The van der Waals surface area contributed by atoms with E-state index in [1.54, 1.807) is 12.1 Å². The van der Waals surface area contributed by atoms with Gasteiger partial charge in [0.05, 0.1) is 12.7 Å². The van der Waals surface area contributed by atoms with Gasteiger partial charge in [-0.1, -0.05) is 72.8 Å². The summed E-state index contributed by atoms with van der Waals surface area (Å²) in [5.41, 5.74) is 3.27. The van der Waals surface area contributed by atoms with Gasteiger partial charge in [0.2, 0.25) is 0 Å². The van der Waals surface area contributed by atoms with Crippen LogP contribution in [0.1, 0.15) is 38.8 Å². The minimum absolute atomic E-state index is 0.284. The minimum atomic E-state index is -1.00. The van der Waals surface area contributed by atoms with Crippen LogP contribution in [0.4, 0.5) is 0 Å². The molecule has 0 radical (unpaired) electrons. The van der Waals surface area contributed by atoms with Crippen molar-refractivity contribution in [3.63, 3.8) is 0 Å². The molecule has 2 unspecified atom stereocenters. The average molecular weight is 413 g/mol. The molecule has 5 rings (SSSR count). The summed E-state index contributed by atoms with van der Waals surface area (Å²) < 4.78 is 11.0. The molecule has 3 aromatic rings. The Bertz CT molecular complexity index is 1140. The molecule has 0 aromatic heterocycles. The van der Waals surface area contributed by atoms with Gasteiger partial charge in [-0.05, 0) is 29.2 Å². The van der Waals surface area contributed by atoms with E-state index in [9.17, 15) is 9.59 Å². The van der Waals surface area contributed by atoms with E-state index in [1.165, 1.54) is 7.11 Å². The Labute approximate surface area is 181 Å². The van der Waals surface area contributed by atoms with E-state index < -0.39 is 17.7 Å². The molecule has 2 atom stereocenters. The van der Waals surface area contributed by atoms with E-state index in [2.05, 4.69) is 11.0 Å². The Kier molecular flexibility index (Phi) is 4.83. The summed E-state index contributed by atoms with van der Waals surface area (Å²) in [5.74, 6) is -0.693. The smallest absolute Gasteiger partial charge is 0.338 e. The molecule has 0 aliphatic carbocycles. The molecule has 0 amide bonds. The molecule has 5 heteroatoms. The van der Waals surface area contributed by atoms with Crippen molar-refractivity contribution in [2.75, 3.05) is 13.7 Å². The van der Waals surface area contributed by atoms with Crippen molar-refractivity contribution in [2.24, 2.45) is 0 Å². The zero-order valence-corrected chi connectivity index (χ0v) is 17.3. The molecule has 1 fully saturated rings. The highest BCUT2D eigenvalue weighted by molar-refractivity contribution is 5.92. The maximum atomic E-state index is 13.7. The lowest BCUT2D eigenvalue weighted by Gasteiger charge is -2.41. The van der Waals surface area contributed by atoms with Crippen LogP contribution in [0, 0.1) is 0 Å². The number of benzene rings is 3. The second-order valence-electron chi connectivity index (χ2n) is 7.95. The zero-order valence-electron chi connectivity index (χ0n) is 17.3. The van der Waals surface area contributed by atoms with Crippen LogP contribution in [-0.2, 0) is 32.6 Å². The van der Waals surface area contributed by atoms with E-state index >= 15 is 0 Å². The van der Waals surface area contributed by atoms with E-state index in [0.717, 1.165) is 28.7 Å². The fraction of sp³-hybridized carbons (Fsp3) is 0.231. The van der Waals surface area contributed by atoms with E-state index in [4.69, 9.17) is 9.47 Å². The Morgan fingerprint density at radius 1 is 1.03 bits per heavy atom. The van der Waals surface area contributed by atoms with Crippen LogP contribution in [0.15, 0.2) is 78.9 Å². The molecule has 0 bridgehead atoms. The first-order chi connectivity index (χ1) is 15.1. The number of carbonyl (C=O) groups excluding carboxylic acids is 2. The lowest BCUT2D eigenvalue weighted by atomic mass is 9.76. The average Bonchev–Trinajstić information content (AvgIpc) is 3.12. The first-order valence-corrected chi connectivity index (χ1v) is 10.4. The van der Waals surface area contributed by atoms with Gasteiger partial charge in [0.1, 0.15) is 0 Å². The molecule has 2 aliphatic rings. The number of ether oxygens (including phenoxy) is 2. The third kappa shape index (κ3) is 3.04. The first-order valence-electron chi connectivity index (χ1n) is 10.4. The van der Waals surface area contributed by atoms with Crippen molar-refractivity contribution in [1.29, 1.82) is 0 Å². The highest BCUT2D eigenvalue weighted by Crippen LogP contribution is 2.49. The van der Waals surface area contributed by atoms with Gasteiger partial charge in [-0.15, -0.1) is 0 Å². The monoisotopic (exact) mass is 413 g/mol. The van der Waals surface area contributed by atoms with Crippen molar-refractivity contribution in [1.82, 2.24) is 4.90 Å². The molecule has 31 heavy (non-hydrogen) atoms. The van der Waals surface area contributed by atoms with Gasteiger partial charge in [-0.25, -0.2) is 14.5 Å². The van der Waals surface area contributed by atoms with E-state index in [-0.39, 0.29) is 5.97 Å². The predicted molar refractivity (Wildman–Crippen MR) is 115 cm³/mol. The molecule has 2 heterocycles. The topological polar surface area (TPSA) is 55.8 Å². The van der Waals surface area contributed by atoms with Crippen LogP contribution in [0.2, 0.25) is 0 Å². The number of nitrogens with zero attached hydrogens (tertiary/aromatic N) is 1. The Hall–Kier alpha value is -3.44. The van der Waals surface area contributed by atoms with E-state index in [0.29, 0.717) is 18.5 Å². The van der Waals surface area contributed by atoms with Gasteiger partial charge >= 0.3 is 11.9 Å². The first kappa shape index (κ1) is 19.5.